The average Bonchev–Trinajstić information content (AvgIpc) is 1.61. The van der Waals surface area contributed by atoms with Crippen LogP contribution in [-0.4, -0.2) is 215 Å². The summed E-state index contributed by atoms with van der Waals surface area (Å²) in [6.07, 6.45) is 15.6. The van der Waals surface area contributed by atoms with Crippen LogP contribution in [0.25, 0.3) is 79.0 Å². The van der Waals surface area contributed by atoms with E-state index in [9.17, 15) is 14.4 Å². The number of fused-ring (bicyclic) bond motifs is 1. The summed E-state index contributed by atoms with van der Waals surface area (Å²) in [5.74, 6) is -0.252. The Morgan fingerprint density at radius 2 is 0.852 bits per heavy atom. The summed E-state index contributed by atoms with van der Waals surface area (Å²) in [5.41, 5.74) is 13.7. The van der Waals surface area contributed by atoms with Gasteiger partial charge in [0.2, 0.25) is 0 Å². The van der Waals surface area contributed by atoms with Crippen molar-refractivity contribution in [1.82, 2.24) is 74.2 Å². The predicted octanol–water partition coefficient (Wildman–Crippen LogP) is 10.8. The van der Waals surface area contributed by atoms with Gasteiger partial charge in [-0.05, 0) is 129 Å². The fourth-order valence-corrected chi connectivity index (χ4v) is 10.7. The highest BCUT2D eigenvalue weighted by Gasteiger charge is 2.22. The molecule has 0 fully saturated rings. The third-order valence-corrected chi connectivity index (χ3v) is 16.0. The van der Waals surface area contributed by atoms with Crippen molar-refractivity contribution in [1.29, 1.82) is 0 Å². The van der Waals surface area contributed by atoms with Crippen LogP contribution >= 0.6 is 0 Å². The third-order valence-electron chi connectivity index (χ3n) is 16.0. The van der Waals surface area contributed by atoms with Gasteiger partial charge in [0, 0.05) is 111 Å². The molecule has 34 heteroatoms. The Labute approximate surface area is 660 Å². The Morgan fingerprint density at radius 1 is 0.435 bits per heavy atom. The second kappa shape index (κ2) is 47.2. The van der Waals surface area contributed by atoms with Gasteiger partial charge < -0.3 is 69.4 Å². The first kappa shape index (κ1) is 86.6. The molecule has 13 rings (SSSR count). The van der Waals surface area contributed by atoms with Gasteiger partial charge in [-0.25, -0.2) is 15.0 Å². The second-order valence-corrected chi connectivity index (χ2v) is 23.8. The van der Waals surface area contributed by atoms with Gasteiger partial charge in [0.05, 0.1) is 143 Å². The van der Waals surface area contributed by atoms with Crippen molar-refractivity contribution in [3.8, 4) is 73.8 Å². The number of aromatic nitrogens is 15. The first-order valence-corrected chi connectivity index (χ1v) is 35.4. The number of ether oxygens (including phenoxy) is 7. The van der Waals surface area contributed by atoms with Crippen molar-refractivity contribution >= 4 is 65.1 Å². The quantitative estimate of drug-likeness (QED) is 0.0157. The number of aryl methyl sites for hydroxylation is 2. The lowest BCUT2D eigenvalue weighted by molar-refractivity contribution is -0.123. The molecule has 115 heavy (non-hydrogen) atoms. The van der Waals surface area contributed by atoms with Crippen LogP contribution < -0.4 is 20.7 Å². The standard InChI is InChI=1S/C28H28N6O4.2C25H26N6O3.3CH2O2/c1-36-14-15-38-13-12-34-18-26(27(33-34)22-6-3-4-11-29-22)32-28(35)23-8-5-7-21(30-23)25-16-19-9-10-20(37-2)17-24(19)31-25;1-18-16-26-11-9-19(18)20-7-5-8-22(28-20)25(32)29-23-17-31(12-13-34-15-14-33-2)30-24(23)21-6-3-4-10-27-21;1-18-16-19(9-11-26-18)20-7-5-8-22(28-20)25(32)29-23-17-31(12-13-34-15-14-33-2)30-24(23)21-6-3-4-10-27-21;3*2-1-3/h3-11,16-18,31H,12-15H2,1-2H3,(H,32,35);2*3-11,16-17H,12-15H2,1-2H3,(H,29,32);3*1H,(H,2,3). The average molecular weight is 1570 g/mol. The minimum Gasteiger partial charge on any atom is -0.497 e. The molecule has 34 nitrogen and oxygen atoms in total. The van der Waals surface area contributed by atoms with Crippen molar-refractivity contribution in [3.05, 3.63) is 236 Å². The lowest BCUT2D eigenvalue weighted by atomic mass is 10.1. The maximum atomic E-state index is 13.3. The molecule has 0 spiro atoms. The number of pyridine rings is 8. The largest absolute Gasteiger partial charge is 0.497 e. The molecular formula is C81H86N18O16. The van der Waals surface area contributed by atoms with Crippen LogP contribution in [0.15, 0.2) is 207 Å². The number of hydrogen-bond donors (Lipinski definition) is 7. The molecule has 1 aromatic carbocycles. The summed E-state index contributed by atoms with van der Waals surface area (Å²) < 4.78 is 42.2. The number of nitrogens with zero attached hydrogens (tertiary/aromatic N) is 14. The highest BCUT2D eigenvalue weighted by Crippen LogP contribution is 2.31. The molecule has 596 valence electrons. The maximum absolute atomic E-state index is 13.3. The summed E-state index contributed by atoms with van der Waals surface area (Å²) >= 11 is 0. The van der Waals surface area contributed by atoms with E-state index in [1.165, 1.54) is 0 Å². The van der Waals surface area contributed by atoms with E-state index in [4.69, 9.17) is 62.9 Å². The number of aromatic amines is 1. The highest BCUT2D eigenvalue weighted by atomic mass is 16.5. The van der Waals surface area contributed by atoms with Crippen LogP contribution in [0.2, 0.25) is 0 Å². The molecule has 3 amide bonds. The molecular weight excluding hydrogens is 1480 g/mol. The number of carboxylic acid groups (broad SMARTS) is 3. The van der Waals surface area contributed by atoms with Crippen LogP contribution in [0, 0.1) is 13.8 Å². The summed E-state index contributed by atoms with van der Waals surface area (Å²) in [6.45, 7) is 9.18. The molecule has 0 saturated heterocycles. The minimum atomic E-state index is -0.349. The van der Waals surface area contributed by atoms with E-state index >= 15 is 0 Å². The van der Waals surface area contributed by atoms with Gasteiger partial charge in [-0.1, -0.05) is 36.4 Å². The summed E-state index contributed by atoms with van der Waals surface area (Å²) in [4.78, 5) is 103. The third kappa shape index (κ3) is 26.9. The van der Waals surface area contributed by atoms with Gasteiger partial charge in [0.1, 0.15) is 39.9 Å². The Morgan fingerprint density at radius 3 is 1.26 bits per heavy atom. The summed E-state index contributed by atoms with van der Waals surface area (Å²) in [6, 6.07) is 46.3. The Kier molecular flexibility index (Phi) is 35.6. The molecule has 0 bridgehead atoms. The van der Waals surface area contributed by atoms with Gasteiger partial charge in [-0.3, -0.25) is 67.7 Å². The zero-order valence-corrected chi connectivity index (χ0v) is 63.8. The second-order valence-electron chi connectivity index (χ2n) is 23.8. The predicted molar refractivity (Wildman–Crippen MR) is 427 cm³/mol. The number of benzene rings is 1. The topological polar surface area (TPSA) is 436 Å². The van der Waals surface area contributed by atoms with Crippen LogP contribution in [0.5, 0.6) is 5.75 Å². The lowest BCUT2D eigenvalue weighted by Crippen LogP contribution is -2.14. The molecule has 7 N–H and O–H groups in total. The molecule has 0 aliphatic carbocycles. The molecule has 0 aliphatic rings. The first-order chi connectivity index (χ1) is 56.2. The Hall–Kier alpha value is -14.0. The SMILES string of the molecule is COCCOCCn1cc(NC(=O)c2cccc(-c3cc4ccc(OC)cc4[nH]3)n2)c(-c2ccccn2)n1.COCCOCCn1cc(NC(=O)c2cccc(-c3ccnc(C)c3)n2)c(-c2ccccn2)n1.COCCOCCn1cc(NC(=O)c2cccc(-c3ccncc3C)n2)c(-c2ccccn2)n1.O=CO.O=CO.O=CO. The van der Waals surface area contributed by atoms with E-state index in [-0.39, 0.29) is 42.8 Å². The molecule has 0 aliphatic heterocycles. The fourth-order valence-electron chi connectivity index (χ4n) is 10.7. The zero-order chi connectivity index (χ0) is 81.9. The van der Waals surface area contributed by atoms with Crippen molar-refractivity contribution < 1.29 is 77.2 Å². The summed E-state index contributed by atoms with van der Waals surface area (Å²) in [5, 5.41) is 44.4. The Bertz CT molecular complexity index is 5170. The van der Waals surface area contributed by atoms with Crippen LogP contribution in [-0.2, 0) is 62.4 Å². The molecule has 0 atom stereocenters. The van der Waals surface area contributed by atoms with E-state index in [0.29, 0.717) is 159 Å². The number of H-pyrrole nitrogens is 1. The number of rotatable bonds is 31. The number of carbonyl (C=O) groups excluding carboxylic acids is 3. The van der Waals surface area contributed by atoms with Gasteiger partial charge in [-0.15, -0.1) is 0 Å². The maximum Gasteiger partial charge on any atom is 0.290 e. The van der Waals surface area contributed by atoms with E-state index in [1.54, 1.807) is 116 Å². The Balaban J connectivity index is 0.000000205. The zero-order valence-electron chi connectivity index (χ0n) is 63.8. The van der Waals surface area contributed by atoms with E-state index in [0.717, 1.165) is 44.7 Å². The minimum absolute atomic E-state index is 0.250. The molecule has 0 radical (unpaired) electrons. The van der Waals surface area contributed by atoms with Gasteiger partial charge >= 0.3 is 0 Å². The fraction of sp³-hybridized carbons (Fsp3) is 0.222. The summed E-state index contributed by atoms with van der Waals surface area (Å²) in [7, 11) is 6.53. The number of carbonyl (C=O) groups is 6. The van der Waals surface area contributed by atoms with Gasteiger partial charge in [0.15, 0.2) is 0 Å². The number of amides is 3. The van der Waals surface area contributed by atoms with E-state index in [1.807, 2.05) is 147 Å². The van der Waals surface area contributed by atoms with Crippen molar-refractivity contribution in [2.24, 2.45) is 0 Å². The monoisotopic (exact) mass is 1570 g/mol. The van der Waals surface area contributed by atoms with Crippen molar-refractivity contribution in [2.45, 2.75) is 33.5 Å². The number of anilines is 3. The van der Waals surface area contributed by atoms with Gasteiger partial charge in [-0.2, -0.15) is 15.3 Å². The smallest absolute Gasteiger partial charge is 0.290 e. The normalized spacial score (nSPS) is 10.4. The molecule has 12 aromatic heterocycles. The number of hydrogen-bond acceptors (Lipinski definition) is 24. The first-order valence-electron chi connectivity index (χ1n) is 35.4. The van der Waals surface area contributed by atoms with Crippen molar-refractivity contribution in [3.63, 3.8) is 0 Å². The van der Waals surface area contributed by atoms with E-state index < -0.39 is 0 Å². The number of methoxy groups -OCH3 is 4. The molecule has 13 aromatic rings. The molecule has 0 unspecified atom stereocenters. The lowest BCUT2D eigenvalue weighted by Gasteiger charge is -2.08. The molecule has 0 saturated carbocycles. The van der Waals surface area contributed by atoms with Gasteiger partial charge in [0.25, 0.3) is 37.1 Å². The van der Waals surface area contributed by atoms with Crippen LogP contribution in [0.1, 0.15) is 42.7 Å². The highest BCUT2D eigenvalue weighted by molar-refractivity contribution is 6.06. The van der Waals surface area contributed by atoms with E-state index in [2.05, 4.69) is 76.1 Å². The van der Waals surface area contributed by atoms with Crippen LogP contribution in [0.3, 0.4) is 0 Å². The molecule has 12 heterocycles. The number of nitrogens with one attached hydrogen (secondary N) is 4. The van der Waals surface area contributed by atoms with Crippen LogP contribution in [0.4, 0.5) is 17.1 Å². The van der Waals surface area contributed by atoms with Crippen molar-refractivity contribution in [2.75, 3.05) is 104 Å².